The van der Waals surface area contributed by atoms with Gasteiger partial charge in [-0.05, 0) is 46.3 Å². The van der Waals surface area contributed by atoms with Gasteiger partial charge in [0.25, 0.3) is 0 Å². The van der Waals surface area contributed by atoms with Gasteiger partial charge in [-0.3, -0.25) is 0 Å². The van der Waals surface area contributed by atoms with Crippen LogP contribution in [0, 0.1) is 0 Å². The van der Waals surface area contributed by atoms with Crippen molar-refractivity contribution in [2.24, 2.45) is 0 Å². The van der Waals surface area contributed by atoms with E-state index in [0.29, 0.717) is 11.6 Å². The van der Waals surface area contributed by atoms with Gasteiger partial charge in [-0.25, -0.2) is 4.68 Å². The first-order chi connectivity index (χ1) is 10.2. The highest BCUT2D eigenvalue weighted by molar-refractivity contribution is 6.32. The summed E-state index contributed by atoms with van der Waals surface area (Å²) < 4.78 is 1.59. The van der Waals surface area contributed by atoms with Crippen LogP contribution in [0.1, 0.15) is 5.56 Å². The van der Waals surface area contributed by atoms with Crippen molar-refractivity contribution in [3.8, 4) is 11.4 Å². The average molecular weight is 302 g/mol. The standard InChI is InChI=1S/C14H12ClN5O/c15-13-6-10(4-5-14(13)21)8-16-11-2-1-3-12(7-11)20-9-17-18-19-20/h1-7,9,16,21H,8H2. The number of hydrogen-bond acceptors (Lipinski definition) is 5. The highest BCUT2D eigenvalue weighted by Gasteiger charge is 2.02. The topological polar surface area (TPSA) is 75.9 Å². The van der Waals surface area contributed by atoms with Crippen LogP contribution >= 0.6 is 11.6 Å². The number of benzene rings is 2. The van der Waals surface area contributed by atoms with Crippen LogP contribution in [-0.2, 0) is 6.54 Å². The molecular formula is C14H12ClN5O. The van der Waals surface area contributed by atoms with Gasteiger partial charge in [-0.2, -0.15) is 0 Å². The minimum atomic E-state index is 0.0843. The van der Waals surface area contributed by atoms with E-state index >= 15 is 0 Å². The fourth-order valence-corrected chi connectivity index (χ4v) is 2.11. The van der Waals surface area contributed by atoms with Gasteiger partial charge in [0.2, 0.25) is 0 Å². The van der Waals surface area contributed by atoms with Crippen LogP contribution in [0.2, 0.25) is 5.02 Å². The lowest BCUT2D eigenvalue weighted by Crippen LogP contribution is -2.01. The number of phenols is 1. The Morgan fingerprint density at radius 3 is 2.86 bits per heavy atom. The number of phenolic OH excluding ortho intramolecular Hbond substituents is 1. The maximum Gasteiger partial charge on any atom is 0.143 e. The van der Waals surface area contributed by atoms with Crippen LogP contribution < -0.4 is 5.32 Å². The third kappa shape index (κ3) is 3.11. The van der Waals surface area contributed by atoms with Crippen LogP contribution in [0.25, 0.3) is 5.69 Å². The maximum atomic E-state index is 9.40. The number of tetrazole rings is 1. The van der Waals surface area contributed by atoms with E-state index in [2.05, 4.69) is 20.8 Å². The van der Waals surface area contributed by atoms with Crippen LogP contribution in [-0.4, -0.2) is 25.3 Å². The molecule has 0 fully saturated rings. The van der Waals surface area contributed by atoms with E-state index in [1.54, 1.807) is 23.1 Å². The van der Waals surface area contributed by atoms with E-state index in [4.69, 9.17) is 11.6 Å². The van der Waals surface area contributed by atoms with Crippen LogP contribution in [0.3, 0.4) is 0 Å². The molecule has 0 saturated heterocycles. The molecule has 3 aromatic rings. The van der Waals surface area contributed by atoms with E-state index in [-0.39, 0.29) is 5.75 Å². The first-order valence-electron chi connectivity index (χ1n) is 6.27. The Hall–Kier alpha value is -2.60. The number of hydrogen-bond donors (Lipinski definition) is 2. The lowest BCUT2D eigenvalue weighted by molar-refractivity contribution is 0.475. The van der Waals surface area contributed by atoms with E-state index in [9.17, 15) is 5.11 Å². The summed E-state index contributed by atoms with van der Waals surface area (Å²) in [4.78, 5) is 0. The molecule has 0 radical (unpaired) electrons. The van der Waals surface area contributed by atoms with Gasteiger partial charge < -0.3 is 10.4 Å². The Morgan fingerprint density at radius 1 is 1.19 bits per heavy atom. The van der Waals surface area contributed by atoms with E-state index in [1.807, 2.05) is 30.3 Å². The minimum Gasteiger partial charge on any atom is -0.506 e. The molecule has 0 bridgehead atoms. The fraction of sp³-hybridized carbons (Fsp3) is 0.0714. The SMILES string of the molecule is Oc1ccc(CNc2cccc(-n3cnnn3)c2)cc1Cl. The van der Waals surface area contributed by atoms with Crippen molar-refractivity contribution >= 4 is 17.3 Å². The first-order valence-corrected chi connectivity index (χ1v) is 6.65. The number of aromatic hydroxyl groups is 1. The molecule has 2 aromatic carbocycles. The van der Waals surface area contributed by atoms with Gasteiger partial charge in [0.15, 0.2) is 0 Å². The number of anilines is 1. The lowest BCUT2D eigenvalue weighted by Gasteiger charge is -2.09. The van der Waals surface area contributed by atoms with Crippen molar-refractivity contribution in [3.63, 3.8) is 0 Å². The van der Waals surface area contributed by atoms with Crippen molar-refractivity contribution < 1.29 is 5.11 Å². The number of halogens is 1. The van der Waals surface area contributed by atoms with Crippen LogP contribution in [0.4, 0.5) is 5.69 Å². The van der Waals surface area contributed by atoms with Crippen molar-refractivity contribution in [1.82, 2.24) is 20.2 Å². The molecule has 1 aromatic heterocycles. The molecule has 0 aliphatic heterocycles. The molecule has 2 N–H and O–H groups in total. The monoisotopic (exact) mass is 301 g/mol. The van der Waals surface area contributed by atoms with Crippen molar-refractivity contribution in [1.29, 1.82) is 0 Å². The van der Waals surface area contributed by atoms with Crippen molar-refractivity contribution in [3.05, 3.63) is 59.4 Å². The predicted octanol–water partition coefficient (Wildman–Crippen LogP) is 2.63. The number of aromatic nitrogens is 4. The summed E-state index contributed by atoms with van der Waals surface area (Å²) in [6, 6.07) is 12.9. The van der Waals surface area contributed by atoms with E-state index < -0.39 is 0 Å². The van der Waals surface area contributed by atoms with Gasteiger partial charge in [0.1, 0.15) is 12.1 Å². The van der Waals surface area contributed by atoms with Gasteiger partial charge in [0, 0.05) is 12.2 Å². The van der Waals surface area contributed by atoms with Gasteiger partial charge in [0.05, 0.1) is 10.7 Å². The Labute approximate surface area is 126 Å². The molecule has 0 aliphatic rings. The van der Waals surface area contributed by atoms with E-state index in [1.165, 1.54) is 0 Å². The summed E-state index contributed by atoms with van der Waals surface area (Å²) in [5, 5.41) is 24.1. The second kappa shape index (κ2) is 5.80. The zero-order valence-corrected chi connectivity index (χ0v) is 11.7. The molecule has 0 saturated carbocycles. The molecule has 0 amide bonds. The van der Waals surface area contributed by atoms with Crippen LogP contribution in [0.5, 0.6) is 5.75 Å². The van der Waals surface area contributed by atoms with Crippen molar-refractivity contribution in [2.75, 3.05) is 5.32 Å². The molecule has 106 valence electrons. The molecule has 3 rings (SSSR count). The molecule has 21 heavy (non-hydrogen) atoms. The van der Waals surface area contributed by atoms with Gasteiger partial charge >= 0.3 is 0 Å². The molecule has 0 atom stereocenters. The summed E-state index contributed by atoms with van der Waals surface area (Å²) in [7, 11) is 0. The smallest absolute Gasteiger partial charge is 0.143 e. The summed E-state index contributed by atoms with van der Waals surface area (Å²) in [6.07, 6.45) is 1.54. The normalized spacial score (nSPS) is 10.5. The first kappa shape index (κ1) is 13.4. The molecule has 6 nitrogen and oxygen atoms in total. The minimum absolute atomic E-state index is 0.0843. The quantitative estimate of drug-likeness (QED) is 0.775. The molecule has 1 heterocycles. The third-order valence-corrected chi connectivity index (χ3v) is 3.27. The highest BCUT2D eigenvalue weighted by atomic mass is 35.5. The maximum absolute atomic E-state index is 9.40. The average Bonchev–Trinajstić information content (AvgIpc) is 3.03. The molecule has 7 heteroatoms. The highest BCUT2D eigenvalue weighted by Crippen LogP contribution is 2.24. The molecule has 0 aliphatic carbocycles. The van der Waals surface area contributed by atoms with Gasteiger partial charge in [-0.1, -0.05) is 23.7 Å². The summed E-state index contributed by atoms with van der Waals surface area (Å²) in [5.74, 6) is 0.0843. The molecule has 0 unspecified atom stereocenters. The second-order valence-electron chi connectivity index (χ2n) is 4.44. The largest absolute Gasteiger partial charge is 0.506 e. The Kier molecular flexibility index (Phi) is 3.70. The number of rotatable bonds is 4. The van der Waals surface area contributed by atoms with E-state index in [0.717, 1.165) is 16.9 Å². The number of nitrogens with zero attached hydrogens (tertiary/aromatic N) is 4. The summed E-state index contributed by atoms with van der Waals surface area (Å²) in [5.41, 5.74) is 2.78. The van der Waals surface area contributed by atoms with Crippen LogP contribution in [0.15, 0.2) is 48.8 Å². The summed E-state index contributed by atoms with van der Waals surface area (Å²) >= 11 is 5.89. The lowest BCUT2D eigenvalue weighted by atomic mass is 10.2. The second-order valence-corrected chi connectivity index (χ2v) is 4.85. The Morgan fingerprint density at radius 2 is 2.10 bits per heavy atom. The number of nitrogens with one attached hydrogen (secondary N) is 1. The Balaban J connectivity index is 1.73. The third-order valence-electron chi connectivity index (χ3n) is 2.97. The summed E-state index contributed by atoms with van der Waals surface area (Å²) in [6.45, 7) is 0.596. The van der Waals surface area contributed by atoms with Crippen molar-refractivity contribution in [2.45, 2.75) is 6.54 Å². The zero-order chi connectivity index (χ0) is 14.7. The molecule has 0 spiro atoms. The predicted molar refractivity (Wildman–Crippen MR) is 79.6 cm³/mol. The Bertz CT molecular complexity index is 745. The van der Waals surface area contributed by atoms with Gasteiger partial charge in [-0.15, -0.1) is 5.10 Å². The zero-order valence-electron chi connectivity index (χ0n) is 10.9. The fourth-order valence-electron chi connectivity index (χ4n) is 1.90. The molecular weight excluding hydrogens is 290 g/mol.